The summed E-state index contributed by atoms with van der Waals surface area (Å²) in [5.74, 6) is 2.10. The average Bonchev–Trinajstić information content (AvgIpc) is 2.60. The predicted molar refractivity (Wildman–Crippen MR) is 103 cm³/mol. The van der Waals surface area contributed by atoms with Crippen LogP contribution in [0.25, 0.3) is 0 Å². The second-order valence-corrected chi connectivity index (χ2v) is 7.41. The van der Waals surface area contributed by atoms with Crippen molar-refractivity contribution in [2.45, 2.75) is 45.4 Å². The van der Waals surface area contributed by atoms with Crippen LogP contribution < -0.4 is 15.8 Å². The molecule has 1 heterocycles. The molecule has 5 heteroatoms. The zero-order valence-electron chi connectivity index (χ0n) is 16.1. The molecule has 0 aromatic heterocycles. The van der Waals surface area contributed by atoms with Gasteiger partial charge in [-0.25, -0.2) is 0 Å². The fourth-order valence-corrected chi connectivity index (χ4v) is 3.29. The van der Waals surface area contributed by atoms with Gasteiger partial charge in [0.05, 0.1) is 13.7 Å². The molecule has 5 nitrogen and oxygen atoms in total. The SMILES string of the molecule is COc1ccc(C)cc1C1(CN=C(N)NCCC(C)C)CCOCC1. The average molecular weight is 348 g/mol. The van der Waals surface area contributed by atoms with E-state index in [1.165, 1.54) is 11.1 Å². The summed E-state index contributed by atoms with van der Waals surface area (Å²) in [4.78, 5) is 4.67. The molecule has 2 rings (SSSR count). The number of benzene rings is 1. The molecule has 1 aliphatic heterocycles. The molecule has 0 bridgehead atoms. The van der Waals surface area contributed by atoms with Gasteiger partial charge in [-0.05, 0) is 38.2 Å². The normalized spacial score (nSPS) is 17.6. The van der Waals surface area contributed by atoms with E-state index in [4.69, 9.17) is 15.2 Å². The molecule has 1 fully saturated rings. The first-order valence-corrected chi connectivity index (χ1v) is 9.23. The first-order valence-electron chi connectivity index (χ1n) is 9.23. The third-order valence-corrected chi connectivity index (χ3v) is 4.96. The Hall–Kier alpha value is -1.75. The van der Waals surface area contributed by atoms with Crippen molar-refractivity contribution in [3.63, 3.8) is 0 Å². The Balaban J connectivity index is 2.19. The van der Waals surface area contributed by atoms with Gasteiger partial charge in [-0.2, -0.15) is 0 Å². The number of nitrogens with two attached hydrogens (primary N) is 1. The molecular formula is C20H33N3O2. The molecule has 0 saturated carbocycles. The number of ether oxygens (including phenoxy) is 2. The highest BCUT2D eigenvalue weighted by Crippen LogP contribution is 2.40. The Bertz CT molecular complexity index is 578. The molecule has 3 N–H and O–H groups in total. The molecular weight excluding hydrogens is 314 g/mol. The quantitative estimate of drug-likeness (QED) is 0.588. The summed E-state index contributed by atoms with van der Waals surface area (Å²) < 4.78 is 11.3. The van der Waals surface area contributed by atoms with Gasteiger partial charge in [-0.1, -0.05) is 31.5 Å². The molecule has 0 amide bonds. The molecule has 0 atom stereocenters. The monoisotopic (exact) mass is 347 g/mol. The van der Waals surface area contributed by atoms with Gasteiger partial charge in [0, 0.05) is 30.7 Å². The van der Waals surface area contributed by atoms with Crippen molar-refractivity contribution in [2.75, 3.05) is 33.4 Å². The Morgan fingerprint density at radius 1 is 1.36 bits per heavy atom. The fraction of sp³-hybridized carbons (Fsp3) is 0.650. The minimum Gasteiger partial charge on any atom is -0.496 e. The van der Waals surface area contributed by atoms with Gasteiger partial charge in [0.15, 0.2) is 5.96 Å². The van der Waals surface area contributed by atoms with E-state index in [1.807, 2.05) is 0 Å². The van der Waals surface area contributed by atoms with Crippen LogP contribution in [-0.2, 0) is 10.2 Å². The van der Waals surface area contributed by atoms with Crippen LogP contribution in [0.1, 0.15) is 44.2 Å². The van der Waals surface area contributed by atoms with Crippen molar-refractivity contribution >= 4 is 5.96 Å². The molecule has 0 radical (unpaired) electrons. The number of hydrogen-bond acceptors (Lipinski definition) is 3. The summed E-state index contributed by atoms with van der Waals surface area (Å²) in [5, 5.41) is 3.23. The van der Waals surface area contributed by atoms with Gasteiger partial charge < -0.3 is 20.5 Å². The summed E-state index contributed by atoms with van der Waals surface area (Å²) in [6, 6.07) is 6.36. The highest BCUT2D eigenvalue weighted by molar-refractivity contribution is 5.77. The first-order chi connectivity index (χ1) is 12.0. The molecule has 0 spiro atoms. The Morgan fingerprint density at radius 2 is 2.08 bits per heavy atom. The summed E-state index contributed by atoms with van der Waals surface area (Å²) in [6.45, 7) is 9.52. The fourth-order valence-electron chi connectivity index (χ4n) is 3.29. The van der Waals surface area contributed by atoms with Crippen LogP contribution in [0.4, 0.5) is 0 Å². The van der Waals surface area contributed by atoms with Crippen molar-refractivity contribution in [1.82, 2.24) is 5.32 Å². The van der Waals surface area contributed by atoms with E-state index in [0.29, 0.717) is 18.4 Å². The number of rotatable bonds is 7. The van der Waals surface area contributed by atoms with Crippen molar-refractivity contribution < 1.29 is 9.47 Å². The van der Waals surface area contributed by atoms with Crippen LogP contribution in [0.15, 0.2) is 23.2 Å². The molecule has 1 aliphatic rings. The highest BCUT2D eigenvalue weighted by Gasteiger charge is 2.37. The van der Waals surface area contributed by atoms with E-state index in [0.717, 1.165) is 44.8 Å². The second-order valence-electron chi connectivity index (χ2n) is 7.41. The van der Waals surface area contributed by atoms with E-state index < -0.39 is 0 Å². The molecule has 0 unspecified atom stereocenters. The number of hydrogen-bond donors (Lipinski definition) is 2. The number of aliphatic imine (C=N–C) groups is 1. The standard InChI is InChI=1S/C20H33N3O2/c1-15(2)7-10-22-19(21)23-14-20(8-11-25-12-9-20)17-13-16(3)5-6-18(17)24-4/h5-6,13,15H,7-12,14H2,1-4H3,(H3,21,22,23). The predicted octanol–water partition coefficient (Wildman–Crippen LogP) is 3.00. The minimum absolute atomic E-state index is 0.0834. The van der Waals surface area contributed by atoms with E-state index in [9.17, 15) is 0 Å². The lowest BCUT2D eigenvalue weighted by molar-refractivity contribution is 0.0522. The Labute approximate surface area is 152 Å². The van der Waals surface area contributed by atoms with Crippen molar-refractivity contribution in [3.05, 3.63) is 29.3 Å². The van der Waals surface area contributed by atoms with Gasteiger partial charge in [0.1, 0.15) is 5.75 Å². The Kier molecular flexibility index (Phi) is 7.12. The smallest absolute Gasteiger partial charge is 0.188 e. The van der Waals surface area contributed by atoms with Crippen molar-refractivity contribution in [2.24, 2.45) is 16.6 Å². The van der Waals surface area contributed by atoms with Crippen LogP contribution in [0, 0.1) is 12.8 Å². The van der Waals surface area contributed by atoms with E-state index >= 15 is 0 Å². The molecule has 1 saturated heterocycles. The van der Waals surface area contributed by atoms with Crippen LogP contribution >= 0.6 is 0 Å². The van der Waals surface area contributed by atoms with E-state index in [1.54, 1.807) is 7.11 Å². The molecule has 0 aliphatic carbocycles. The van der Waals surface area contributed by atoms with Crippen molar-refractivity contribution in [1.29, 1.82) is 0 Å². The number of nitrogens with one attached hydrogen (secondary N) is 1. The first kappa shape index (κ1) is 19.6. The summed E-state index contributed by atoms with van der Waals surface area (Å²) in [7, 11) is 1.73. The lowest BCUT2D eigenvalue weighted by Crippen LogP contribution is -2.40. The topological polar surface area (TPSA) is 68.9 Å². The second kappa shape index (κ2) is 9.09. The summed E-state index contributed by atoms with van der Waals surface area (Å²) in [6.07, 6.45) is 2.94. The number of aryl methyl sites for hydroxylation is 1. The van der Waals surface area contributed by atoms with Crippen molar-refractivity contribution in [3.8, 4) is 5.75 Å². The Morgan fingerprint density at radius 3 is 2.72 bits per heavy atom. The maximum Gasteiger partial charge on any atom is 0.188 e. The van der Waals surface area contributed by atoms with Crippen LogP contribution in [-0.4, -0.2) is 39.4 Å². The third-order valence-electron chi connectivity index (χ3n) is 4.96. The third kappa shape index (κ3) is 5.36. The number of methoxy groups -OCH3 is 1. The van der Waals surface area contributed by atoms with E-state index in [2.05, 4.69) is 49.3 Å². The summed E-state index contributed by atoms with van der Waals surface area (Å²) in [5.41, 5.74) is 8.46. The maximum atomic E-state index is 6.09. The van der Waals surface area contributed by atoms with E-state index in [-0.39, 0.29) is 5.41 Å². The van der Waals surface area contributed by atoms with Gasteiger partial charge in [-0.3, -0.25) is 4.99 Å². The zero-order valence-corrected chi connectivity index (χ0v) is 16.1. The zero-order chi connectivity index (χ0) is 18.3. The highest BCUT2D eigenvalue weighted by atomic mass is 16.5. The lowest BCUT2D eigenvalue weighted by Gasteiger charge is -2.37. The van der Waals surface area contributed by atoms with Crippen LogP contribution in [0.5, 0.6) is 5.75 Å². The van der Waals surface area contributed by atoms with Crippen LogP contribution in [0.3, 0.4) is 0 Å². The van der Waals surface area contributed by atoms with Crippen LogP contribution in [0.2, 0.25) is 0 Å². The molecule has 1 aromatic rings. The number of nitrogens with zero attached hydrogens (tertiary/aromatic N) is 1. The molecule has 1 aromatic carbocycles. The molecule has 140 valence electrons. The van der Waals surface area contributed by atoms with Gasteiger partial charge in [-0.15, -0.1) is 0 Å². The summed E-state index contributed by atoms with van der Waals surface area (Å²) >= 11 is 0. The lowest BCUT2D eigenvalue weighted by atomic mass is 9.73. The van der Waals surface area contributed by atoms with Gasteiger partial charge >= 0.3 is 0 Å². The van der Waals surface area contributed by atoms with Gasteiger partial charge in [0.25, 0.3) is 0 Å². The maximum absolute atomic E-state index is 6.09. The molecule has 25 heavy (non-hydrogen) atoms. The van der Waals surface area contributed by atoms with Gasteiger partial charge in [0.2, 0.25) is 0 Å². The number of guanidine groups is 1. The minimum atomic E-state index is -0.0834. The largest absolute Gasteiger partial charge is 0.496 e.